The maximum Gasteiger partial charge on any atom is 0.258 e. The van der Waals surface area contributed by atoms with Crippen LogP contribution in [0.2, 0.25) is 0 Å². The Bertz CT molecular complexity index is 513. The van der Waals surface area contributed by atoms with Crippen LogP contribution in [0.5, 0.6) is 0 Å². The Morgan fingerprint density at radius 2 is 2.05 bits per heavy atom. The van der Waals surface area contributed by atoms with E-state index in [0.29, 0.717) is 18.0 Å². The number of rotatable bonds is 10. The van der Waals surface area contributed by atoms with Crippen molar-refractivity contribution in [3.8, 4) is 0 Å². The van der Waals surface area contributed by atoms with Crippen LogP contribution < -0.4 is 10.0 Å². The first-order valence-electron chi connectivity index (χ1n) is 7.66. The van der Waals surface area contributed by atoms with Gasteiger partial charge in [0.25, 0.3) is 10.0 Å². The van der Waals surface area contributed by atoms with Crippen molar-refractivity contribution < 1.29 is 8.42 Å². The number of H-pyrrole nitrogens is 1. The predicted octanol–water partition coefficient (Wildman–Crippen LogP) is 2.01. The van der Waals surface area contributed by atoms with Crippen molar-refractivity contribution in [3.63, 3.8) is 0 Å². The summed E-state index contributed by atoms with van der Waals surface area (Å²) in [7, 11) is -3.55. The molecule has 21 heavy (non-hydrogen) atoms. The quantitative estimate of drug-likeness (QED) is 0.576. The predicted molar refractivity (Wildman–Crippen MR) is 84.4 cm³/mol. The van der Waals surface area contributed by atoms with Crippen LogP contribution in [0.1, 0.15) is 52.5 Å². The number of aromatic amines is 1. The van der Waals surface area contributed by atoms with E-state index < -0.39 is 10.0 Å². The highest BCUT2D eigenvalue weighted by Gasteiger charge is 2.23. The summed E-state index contributed by atoms with van der Waals surface area (Å²) < 4.78 is 27.6. The van der Waals surface area contributed by atoms with Crippen LogP contribution in [-0.2, 0) is 16.6 Å². The zero-order chi connectivity index (χ0) is 15.9. The molecule has 2 atom stereocenters. The first kappa shape index (κ1) is 18.1. The van der Waals surface area contributed by atoms with E-state index in [1.807, 2.05) is 6.92 Å². The Morgan fingerprint density at radius 3 is 2.67 bits per heavy atom. The van der Waals surface area contributed by atoms with Crippen molar-refractivity contribution in [3.05, 3.63) is 11.8 Å². The van der Waals surface area contributed by atoms with E-state index in [-0.39, 0.29) is 11.1 Å². The molecule has 0 fully saturated rings. The van der Waals surface area contributed by atoms with Gasteiger partial charge in [0.2, 0.25) is 0 Å². The third-order valence-corrected chi connectivity index (χ3v) is 5.10. The highest BCUT2D eigenvalue weighted by Crippen LogP contribution is 2.15. The van der Waals surface area contributed by atoms with Gasteiger partial charge in [-0.1, -0.05) is 27.2 Å². The maximum absolute atomic E-state index is 12.4. The molecule has 2 unspecified atom stereocenters. The van der Waals surface area contributed by atoms with Crippen LogP contribution in [0.25, 0.3) is 0 Å². The van der Waals surface area contributed by atoms with Crippen molar-refractivity contribution in [2.24, 2.45) is 5.92 Å². The summed E-state index contributed by atoms with van der Waals surface area (Å²) in [6, 6.07) is -0.0929. The number of nitrogens with one attached hydrogen (secondary N) is 3. The molecule has 1 rings (SSSR count). The van der Waals surface area contributed by atoms with Gasteiger partial charge in [-0.05, 0) is 32.2 Å². The minimum atomic E-state index is -3.55. The third-order valence-electron chi connectivity index (χ3n) is 3.50. The molecule has 0 aliphatic carbocycles. The summed E-state index contributed by atoms with van der Waals surface area (Å²) in [4.78, 5) is 0. The molecule has 0 saturated carbocycles. The average Bonchev–Trinajstić information content (AvgIpc) is 2.87. The second-order valence-corrected chi connectivity index (χ2v) is 7.32. The summed E-state index contributed by atoms with van der Waals surface area (Å²) in [5.74, 6) is 0.496. The fourth-order valence-corrected chi connectivity index (χ4v) is 3.59. The Morgan fingerprint density at radius 1 is 1.33 bits per heavy atom. The first-order valence-corrected chi connectivity index (χ1v) is 9.14. The molecule has 0 aliphatic heterocycles. The zero-order valence-electron chi connectivity index (χ0n) is 13.4. The van der Waals surface area contributed by atoms with Gasteiger partial charge in [0.05, 0.1) is 6.20 Å². The Labute approximate surface area is 128 Å². The fraction of sp³-hybridized carbons (Fsp3) is 0.786. The van der Waals surface area contributed by atoms with Gasteiger partial charge in [0.15, 0.2) is 5.03 Å². The number of aromatic nitrogens is 2. The Balaban J connectivity index is 2.72. The van der Waals surface area contributed by atoms with E-state index in [9.17, 15) is 8.42 Å². The Hall–Kier alpha value is -0.920. The number of nitrogens with zero attached hydrogens (tertiary/aromatic N) is 1. The minimum absolute atomic E-state index is 0.0929. The van der Waals surface area contributed by atoms with Gasteiger partial charge in [-0.15, -0.1) is 0 Å². The second kappa shape index (κ2) is 8.51. The monoisotopic (exact) mass is 316 g/mol. The molecule has 122 valence electrons. The molecule has 3 N–H and O–H groups in total. The van der Waals surface area contributed by atoms with Crippen molar-refractivity contribution in [2.75, 3.05) is 6.54 Å². The normalized spacial score (nSPS) is 15.0. The number of sulfonamides is 1. The van der Waals surface area contributed by atoms with Crippen LogP contribution in [0.3, 0.4) is 0 Å². The highest BCUT2D eigenvalue weighted by atomic mass is 32.2. The lowest BCUT2D eigenvalue weighted by Crippen LogP contribution is -2.34. The van der Waals surface area contributed by atoms with Gasteiger partial charge >= 0.3 is 0 Å². The SMILES string of the molecule is CCCNCc1cn[nH]c1S(=O)(=O)NC(C)CC(C)CC. The molecule has 6 nitrogen and oxygen atoms in total. The molecule has 1 aromatic rings. The van der Waals surface area contributed by atoms with Crippen molar-refractivity contribution in [2.45, 2.75) is 64.6 Å². The third kappa shape index (κ3) is 5.76. The lowest BCUT2D eigenvalue weighted by molar-refractivity contribution is 0.445. The largest absolute Gasteiger partial charge is 0.313 e. The van der Waals surface area contributed by atoms with Gasteiger partial charge in [0.1, 0.15) is 0 Å². The molecule has 0 saturated heterocycles. The molecule has 0 radical (unpaired) electrons. The number of hydrogen-bond donors (Lipinski definition) is 3. The van der Waals surface area contributed by atoms with E-state index >= 15 is 0 Å². The highest BCUT2D eigenvalue weighted by molar-refractivity contribution is 7.89. The molecule has 1 aromatic heterocycles. The summed E-state index contributed by atoms with van der Waals surface area (Å²) in [5, 5.41) is 9.83. The smallest absolute Gasteiger partial charge is 0.258 e. The molecule has 0 aliphatic rings. The van der Waals surface area contributed by atoms with Gasteiger partial charge in [0, 0.05) is 18.2 Å². The number of hydrogen-bond acceptors (Lipinski definition) is 4. The van der Waals surface area contributed by atoms with Crippen molar-refractivity contribution in [1.29, 1.82) is 0 Å². The van der Waals surface area contributed by atoms with Gasteiger partial charge in [-0.3, -0.25) is 5.10 Å². The fourth-order valence-electron chi connectivity index (χ4n) is 2.20. The van der Waals surface area contributed by atoms with E-state index in [2.05, 4.69) is 41.0 Å². The molecule has 0 amide bonds. The summed E-state index contributed by atoms with van der Waals surface area (Å²) in [5.41, 5.74) is 0.673. The molecular formula is C14H28N4O2S. The topological polar surface area (TPSA) is 86.9 Å². The summed E-state index contributed by atoms with van der Waals surface area (Å²) >= 11 is 0. The molecule has 0 bridgehead atoms. The molecular weight excluding hydrogens is 288 g/mol. The molecule has 0 aromatic carbocycles. The molecule has 0 spiro atoms. The standard InChI is InChI=1S/C14H28N4O2S/c1-5-7-15-9-13-10-16-17-14(13)21(19,20)18-12(4)8-11(3)6-2/h10-12,15,18H,5-9H2,1-4H3,(H,16,17). The van der Waals surface area contributed by atoms with E-state index in [4.69, 9.17) is 0 Å². The van der Waals surface area contributed by atoms with Crippen molar-refractivity contribution in [1.82, 2.24) is 20.2 Å². The van der Waals surface area contributed by atoms with Gasteiger partial charge < -0.3 is 5.32 Å². The zero-order valence-corrected chi connectivity index (χ0v) is 14.3. The van der Waals surface area contributed by atoms with Crippen LogP contribution in [0, 0.1) is 5.92 Å². The van der Waals surface area contributed by atoms with Crippen LogP contribution in [0.4, 0.5) is 0 Å². The van der Waals surface area contributed by atoms with E-state index in [1.165, 1.54) is 0 Å². The molecule has 7 heteroatoms. The van der Waals surface area contributed by atoms with E-state index in [0.717, 1.165) is 25.8 Å². The maximum atomic E-state index is 12.4. The lowest BCUT2D eigenvalue weighted by atomic mass is 10.0. The second-order valence-electron chi connectivity index (χ2n) is 5.67. The lowest BCUT2D eigenvalue weighted by Gasteiger charge is -2.17. The van der Waals surface area contributed by atoms with Crippen molar-refractivity contribution >= 4 is 10.0 Å². The van der Waals surface area contributed by atoms with Gasteiger partial charge in [-0.2, -0.15) is 5.10 Å². The minimum Gasteiger partial charge on any atom is -0.313 e. The summed E-state index contributed by atoms with van der Waals surface area (Å²) in [6.45, 7) is 9.55. The molecule has 1 heterocycles. The average molecular weight is 316 g/mol. The van der Waals surface area contributed by atoms with Crippen LogP contribution >= 0.6 is 0 Å². The first-order chi connectivity index (χ1) is 9.90. The Kier molecular flexibility index (Phi) is 7.34. The van der Waals surface area contributed by atoms with Crippen LogP contribution in [0.15, 0.2) is 11.2 Å². The van der Waals surface area contributed by atoms with E-state index in [1.54, 1.807) is 6.20 Å². The van der Waals surface area contributed by atoms with Gasteiger partial charge in [-0.25, -0.2) is 13.1 Å². The van der Waals surface area contributed by atoms with Crippen LogP contribution in [-0.4, -0.2) is 31.2 Å². The summed E-state index contributed by atoms with van der Waals surface area (Å²) in [6.07, 6.45) is 4.44.